The molecule has 0 aliphatic carbocycles. The van der Waals surface area contributed by atoms with Gasteiger partial charge in [0.2, 0.25) is 10.9 Å². The Morgan fingerprint density at radius 1 is 0.816 bits per heavy atom. The normalized spacial score (nSPS) is 19.4. The van der Waals surface area contributed by atoms with E-state index in [1.165, 1.54) is 14.3 Å². The van der Waals surface area contributed by atoms with Crippen molar-refractivity contribution < 1.29 is 90.0 Å². The molecule has 2 unspecified atom stereocenters. The minimum Gasteiger partial charge on any atom is -0.520 e. The molecule has 6 heterocycles. The number of carbonyl (C=O) groups excluding carboxylic acids is 2. The Balaban J connectivity index is 0.000000321. The van der Waals surface area contributed by atoms with Crippen LogP contribution in [-0.4, -0.2) is 83.4 Å². The zero-order valence-corrected chi connectivity index (χ0v) is 27.4. The number of fused-ring (bicyclic) bond motifs is 4. The summed E-state index contributed by atoms with van der Waals surface area (Å²) in [6.45, 7) is 12.9. The molecule has 2 saturated heterocycles. The fraction of sp³-hybridized carbons (Fsp3) is 0.478. The summed E-state index contributed by atoms with van der Waals surface area (Å²) in [5, 5.41) is 26.7. The van der Waals surface area contributed by atoms with Crippen molar-refractivity contribution in [3.8, 4) is 11.5 Å². The fourth-order valence-electron chi connectivity index (χ4n) is 4.13. The Hall–Kier alpha value is -1.79. The van der Waals surface area contributed by atoms with Crippen molar-refractivity contribution in [1.29, 1.82) is 0 Å². The van der Waals surface area contributed by atoms with Crippen LogP contribution >= 0.6 is 0 Å². The molecule has 0 bridgehead atoms. The summed E-state index contributed by atoms with van der Waals surface area (Å²) in [6.07, 6.45) is 3.36. The molecule has 4 aliphatic rings. The summed E-state index contributed by atoms with van der Waals surface area (Å²) < 4.78 is 7.78. The Morgan fingerprint density at radius 3 is 1.87 bits per heavy atom. The van der Waals surface area contributed by atoms with Crippen LogP contribution in [0.25, 0.3) is 0 Å². The summed E-state index contributed by atoms with van der Waals surface area (Å²) in [6, 6.07) is 0.0365. The number of amides is 2. The smallest absolute Gasteiger partial charge is 0.223 e. The second-order valence-electron chi connectivity index (χ2n) is 7.57. The average Bonchev–Trinajstić information content (AvgIpc) is 3.57. The minimum absolute atomic E-state index is 0. The van der Waals surface area contributed by atoms with Gasteiger partial charge in [0.1, 0.15) is 17.7 Å². The Morgan fingerprint density at radius 2 is 1.32 bits per heavy atom. The predicted octanol–water partition coefficient (Wildman–Crippen LogP) is 0.395. The van der Waals surface area contributed by atoms with Crippen molar-refractivity contribution in [3.63, 3.8) is 0 Å². The molecule has 4 aliphatic heterocycles. The molecule has 6 rings (SSSR count). The molecule has 202 valence electrons. The molecular formula is C23H30N6O7Y2-2. The molecule has 2 aromatic rings. The van der Waals surface area contributed by atoms with E-state index in [0.717, 1.165) is 25.2 Å². The molecule has 2 atom stereocenters. The van der Waals surface area contributed by atoms with Gasteiger partial charge in [-0.1, -0.05) is 34.2 Å². The van der Waals surface area contributed by atoms with E-state index in [1.54, 1.807) is 18.0 Å². The first-order chi connectivity index (χ1) is 17.4. The van der Waals surface area contributed by atoms with E-state index in [1.807, 2.05) is 27.7 Å². The van der Waals surface area contributed by atoms with E-state index < -0.39 is 34.5 Å². The van der Waals surface area contributed by atoms with Gasteiger partial charge < -0.3 is 34.1 Å². The van der Waals surface area contributed by atoms with Gasteiger partial charge in [0, 0.05) is 95.9 Å². The quantitative estimate of drug-likeness (QED) is 0.376. The standard InChI is InChI=1S/C10H10N3O3.C9H8N3O4.2C2H6.2Y/c14-7-4-11-13-5-6-2-1-3-12(6)10(16)8(13)9(7)15;13-5-3-10-12-4-6-11(1-2-16-6)9(15)7(12)8(5)14;2*1-2;;/h4-6,15H,1-3H2;3-4,6,14H,1-2H2;2*1-2H3;;/q2*-1;;;;. The van der Waals surface area contributed by atoms with Gasteiger partial charge in [-0.3, -0.25) is 19.2 Å². The van der Waals surface area contributed by atoms with E-state index in [0.29, 0.717) is 19.7 Å². The summed E-state index contributed by atoms with van der Waals surface area (Å²) in [4.78, 5) is 49.5. The molecule has 38 heavy (non-hydrogen) atoms. The van der Waals surface area contributed by atoms with Crippen LogP contribution in [0.1, 0.15) is 61.5 Å². The van der Waals surface area contributed by atoms with Gasteiger partial charge in [-0.2, -0.15) is 0 Å². The first-order valence-electron chi connectivity index (χ1n) is 11.9. The van der Waals surface area contributed by atoms with Crippen LogP contribution in [0.3, 0.4) is 0 Å². The zero-order valence-electron chi connectivity index (χ0n) is 21.8. The molecule has 2 fully saturated rings. The predicted molar refractivity (Wildman–Crippen MR) is 127 cm³/mol. The molecule has 0 spiro atoms. The van der Waals surface area contributed by atoms with Crippen LogP contribution in [0, 0.1) is 13.1 Å². The molecule has 2 radical (unpaired) electrons. The topological polar surface area (TPSA) is 160 Å². The van der Waals surface area contributed by atoms with Crippen LogP contribution in [0.2, 0.25) is 0 Å². The summed E-state index contributed by atoms with van der Waals surface area (Å²) in [5.41, 5.74) is -1.41. The molecule has 0 aromatic carbocycles. The molecule has 15 heteroatoms. The van der Waals surface area contributed by atoms with Crippen molar-refractivity contribution in [2.45, 2.75) is 52.8 Å². The van der Waals surface area contributed by atoms with Gasteiger partial charge in [-0.05, 0) is 12.8 Å². The van der Waals surface area contributed by atoms with Crippen LogP contribution in [-0.2, 0) is 70.2 Å². The van der Waals surface area contributed by atoms with Gasteiger partial charge in [0.25, 0.3) is 0 Å². The van der Waals surface area contributed by atoms with Crippen LogP contribution < -0.4 is 10.9 Å². The van der Waals surface area contributed by atoms with Crippen molar-refractivity contribution in [1.82, 2.24) is 29.4 Å². The Kier molecular flexibility index (Phi) is 13.6. The molecule has 0 saturated carbocycles. The monoisotopic (exact) mass is 680 g/mol. The van der Waals surface area contributed by atoms with Crippen molar-refractivity contribution in [2.75, 3.05) is 19.7 Å². The van der Waals surface area contributed by atoms with Crippen molar-refractivity contribution in [2.24, 2.45) is 0 Å². The SMILES string of the molecule is CC.CC.O=C1c2c(O)c(=O)cnn2[CH-]C2CCCN12.O=C1c2c(O)c(=O)cnn2[CH-]C2OCCN12.[Y].[Y]. The Bertz CT molecular complexity index is 1160. The third kappa shape index (κ3) is 6.50. The maximum absolute atomic E-state index is 12.0. The Labute approximate surface area is 270 Å². The number of hydrogen-bond acceptors (Lipinski definition) is 9. The van der Waals surface area contributed by atoms with Crippen molar-refractivity contribution >= 4 is 11.8 Å². The van der Waals surface area contributed by atoms with Gasteiger partial charge in [-0.25, -0.2) is 10.2 Å². The second-order valence-corrected chi connectivity index (χ2v) is 7.57. The third-order valence-electron chi connectivity index (χ3n) is 5.71. The number of aromatic nitrogens is 4. The van der Waals surface area contributed by atoms with Gasteiger partial charge >= 0.3 is 0 Å². The number of carbonyl (C=O) groups is 2. The largest absolute Gasteiger partial charge is 0.520 e. The zero-order chi connectivity index (χ0) is 26.6. The second kappa shape index (κ2) is 15.1. The van der Waals surface area contributed by atoms with E-state index in [2.05, 4.69) is 10.2 Å². The fourth-order valence-corrected chi connectivity index (χ4v) is 4.13. The van der Waals surface area contributed by atoms with Gasteiger partial charge in [-0.15, -0.1) is 6.54 Å². The van der Waals surface area contributed by atoms with E-state index in [9.17, 15) is 29.4 Å². The maximum atomic E-state index is 12.0. The van der Waals surface area contributed by atoms with E-state index in [4.69, 9.17) is 4.74 Å². The number of hydrogen-bond donors (Lipinski definition) is 2. The van der Waals surface area contributed by atoms with Crippen LogP contribution in [0.4, 0.5) is 0 Å². The molecule has 2 aromatic heterocycles. The molecule has 2 N–H and O–H groups in total. The van der Waals surface area contributed by atoms with Gasteiger partial charge in [0.05, 0.1) is 19.0 Å². The third-order valence-corrected chi connectivity index (χ3v) is 5.71. The molecule has 13 nitrogen and oxygen atoms in total. The van der Waals surface area contributed by atoms with E-state index in [-0.39, 0.29) is 88.8 Å². The van der Waals surface area contributed by atoms with Crippen LogP contribution in [0.5, 0.6) is 11.5 Å². The summed E-state index contributed by atoms with van der Waals surface area (Å²) >= 11 is 0. The summed E-state index contributed by atoms with van der Waals surface area (Å²) in [5.74, 6) is -1.83. The number of ether oxygens (including phenoxy) is 1. The van der Waals surface area contributed by atoms with Gasteiger partial charge in [0.15, 0.2) is 11.8 Å². The summed E-state index contributed by atoms with van der Waals surface area (Å²) in [7, 11) is 0. The minimum atomic E-state index is -0.661. The first-order valence-corrected chi connectivity index (χ1v) is 11.9. The van der Waals surface area contributed by atoms with E-state index >= 15 is 0 Å². The maximum Gasteiger partial charge on any atom is 0.223 e. The van der Waals surface area contributed by atoms with Crippen molar-refractivity contribution in [3.05, 3.63) is 57.3 Å². The average molecular weight is 680 g/mol. The molecule has 2 amide bonds. The number of rotatable bonds is 0. The molecular weight excluding hydrogens is 650 g/mol. The number of nitrogens with zero attached hydrogens (tertiary/aromatic N) is 6. The first kappa shape index (κ1) is 34.2. The van der Waals surface area contributed by atoms with Crippen LogP contribution in [0.15, 0.2) is 22.0 Å². The number of aromatic hydroxyl groups is 2.